The van der Waals surface area contributed by atoms with Gasteiger partial charge in [-0.3, -0.25) is 4.79 Å². The summed E-state index contributed by atoms with van der Waals surface area (Å²) in [5.41, 5.74) is 1.09. The van der Waals surface area contributed by atoms with Crippen molar-refractivity contribution >= 4 is 17.2 Å². The van der Waals surface area contributed by atoms with Crippen molar-refractivity contribution in [2.75, 3.05) is 0 Å². The van der Waals surface area contributed by atoms with Gasteiger partial charge in [-0.2, -0.15) is 0 Å². The lowest BCUT2D eigenvalue weighted by molar-refractivity contribution is -0.119. The molecule has 0 spiro atoms. The Hall–Kier alpha value is -0.900. The van der Waals surface area contributed by atoms with Crippen LogP contribution in [-0.2, 0) is 11.2 Å². The second kappa shape index (κ2) is 5.00. The van der Waals surface area contributed by atoms with Gasteiger partial charge in [0, 0.05) is 23.3 Å². The molecule has 0 saturated carbocycles. The first kappa shape index (κ1) is 13.5. The Kier molecular flexibility index (Phi) is 3.76. The SMILES string of the molecule is Cc1nc(C)c(CC2(CC(C)C)CCC(=O)N2)s1. The predicted octanol–water partition coefficient (Wildman–Crippen LogP) is 3.00. The molecule has 0 aliphatic carbocycles. The van der Waals surface area contributed by atoms with Gasteiger partial charge in [0.25, 0.3) is 0 Å². The van der Waals surface area contributed by atoms with Gasteiger partial charge in [0.1, 0.15) is 0 Å². The van der Waals surface area contributed by atoms with E-state index < -0.39 is 0 Å². The van der Waals surface area contributed by atoms with E-state index in [0.29, 0.717) is 12.3 Å². The number of hydrogen-bond donors (Lipinski definition) is 1. The number of nitrogens with zero attached hydrogens (tertiary/aromatic N) is 1. The molecule has 1 aliphatic rings. The molecule has 2 heterocycles. The Morgan fingerprint density at radius 2 is 2.17 bits per heavy atom. The highest BCUT2D eigenvalue weighted by Gasteiger charge is 2.38. The minimum Gasteiger partial charge on any atom is -0.350 e. The van der Waals surface area contributed by atoms with E-state index in [2.05, 4.69) is 31.1 Å². The van der Waals surface area contributed by atoms with E-state index in [1.807, 2.05) is 6.92 Å². The van der Waals surface area contributed by atoms with Crippen LogP contribution in [-0.4, -0.2) is 16.4 Å². The number of amides is 1. The van der Waals surface area contributed by atoms with Gasteiger partial charge in [-0.15, -0.1) is 11.3 Å². The average Bonchev–Trinajstić information content (AvgIpc) is 2.71. The van der Waals surface area contributed by atoms with E-state index in [9.17, 15) is 4.79 Å². The molecule has 2 rings (SSSR count). The van der Waals surface area contributed by atoms with Gasteiger partial charge in [0.05, 0.1) is 10.7 Å². The third-order valence-corrected chi connectivity index (χ3v) is 4.61. The van der Waals surface area contributed by atoms with Crippen molar-refractivity contribution in [3.05, 3.63) is 15.6 Å². The van der Waals surface area contributed by atoms with Crippen LogP contribution >= 0.6 is 11.3 Å². The fourth-order valence-corrected chi connectivity index (χ4v) is 4.04. The van der Waals surface area contributed by atoms with E-state index in [4.69, 9.17) is 0 Å². The van der Waals surface area contributed by atoms with E-state index in [0.717, 1.165) is 30.0 Å². The van der Waals surface area contributed by atoms with Gasteiger partial charge in [0.2, 0.25) is 5.91 Å². The predicted molar refractivity (Wildman–Crippen MR) is 74.9 cm³/mol. The summed E-state index contributed by atoms with van der Waals surface area (Å²) in [7, 11) is 0. The van der Waals surface area contributed by atoms with Crippen molar-refractivity contribution in [3.8, 4) is 0 Å². The third kappa shape index (κ3) is 2.91. The van der Waals surface area contributed by atoms with Crippen LogP contribution in [0, 0.1) is 19.8 Å². The van der Waals surface area contributed by atoms with E-state index in [1.165, 1.54) is 4.88 Å². The fraction of sp³-hybridized carbons (Fsp3) is 0.714. The summed E-state index contributed by atoms with van der Waals surface area (Å²) in [5.74, 6) is 0.798. The molecule has 1 amide bonds. The Morgan fingerprint density at radius 1 is 1.44 bits per heavy atom. The normalized spacial score (nSPS) is 23.7. The zero-order valence-electron chi connectivity index (χ0n) is 11.7. The Labute approximate surface area is 113 Å². The smallest absolute Gasteiger partial charge is 0.220 e. The lowest BCUT2D eigenvalue weighted by Gasteiger charge is -2.30. The number of carbonyl (C=O) groups excluding carboxylic acids is 1. The van der Waals surface area contributed by atoms with Gasteiger partial charge < -0.3 is 5.32 Å². The van der Waals surface area contributed by atoms with Crippen LogP contribution < -0.4 is 5.32 Å². The Morgan fingerprint density at radius 3 is 2.61 bits per heavy atom. The van der Waals surface area contributed by atoms with Crippen LogP contribution in [0.3, 0.4) is 0 Å². The van der Waals surface area contributed by atoms with E-state index in [1.54, 1.807) is 11.3 Å². The minimum atomic E-state index is -0.0328. The maximum atomic E-state index is 11.6. The topological polar surface area (TPSA) is 42.0 Å². The van der Waals surface area contributed by atoms with Crippen molar-refractivity contribution < 1.29 is 4.79 Å². The first-order valence-corrected chi connectivity index (χ1v) is 7.46. The first-order chi connectivity index (χ1) is 8.40. The standard InChI is InChI=1S/C14H22N2OS/c1-9(2)7-14(6-5-13(17)16-14)8-12-10(3)15-11(4)18-12/h9H,5-8H2,1-4H3,(H,16,17). The summed E-state index contributed by atoms with van der Waals surface area (Å²) in [6, 6.07) is 0. The zero-order chi connectivity index (χ0) is 13.3. The van der Waals surface area contributed by atoms with Crippen molar-refractivity contribution in [1.29, 1.82) is 0 Å². The lowest BCUT2D eigenvalue weighted by Crippen LogP contribution is -2.44. The van der Waals surface area contributed by atoms with Crippen LogP contribution in [0.5, 0.6) is 0 Å². The molecule has 1 atom stereocenters. The molecule has 1 saturated heterocycles. The number of hydrogen-bond acceptors (Lipinski definition) is 3. The number of carbonyl (C=O) groups is 1. The number of aryl methyl sites for hydroxylation is 2. The number of rotatable bonds is 4. The molecule has 0 radical (unpaired) electrons. The molecule has 1 aliphatic heterocycles. The van der Waals surface area contributed by atoms with E-state index >= 15 is 0 Å². The molecular formula is C14H22N2OS. The molecule has 1 N–H and O–H groups in total. The fourth-order valence-electron chi connectivity index (χ4n) is 2.96. The first-order valence-electron chi connectivity index (χ1n) is 6.64. The van der Waals surface area contributed by atoms with Gasteiger partial charge in [-0.25, -0.2) is 4.98 Å². The molecule has 1 aromatic rings. The summed E-state index contributed by atoms with van der Waals surface area (Å²) in [5, 5.41) is 4.34. The zero-order valence-corrected chi connectivity index (χ0v) is 12.5. The minimum absolute atomic E-state index is 0.0328. The molecule has 100 valence electrons. The molecular weight excluding hydrogens is 244 g/mol. The Bertz CT molecular complexity index is 453. The lowest BCUT2D eigenvalue weighted by atomic mass is 9.84. The summed E-state index contributed by atoms with van der Waals surface area (Å²) in [6.07, 6.45) is 3.62. The molecule has 1 aromatic heterocycles. The highest BCUT2D eigenvalue weighted by Crippen LogP contribution is 2.33. The second-order valence-electron chi connectivity index (χ2n) is 5.84. The highest BCUT2D eigenvalue weighted by atomic mass is 32.1. The monoisotopic (exact) mass is 266 g/mol. The number of thiazole rings is 1. The van der Waals surface area contributed by atoms with Crippen LogP contribution in [0.2, 0.25) is 0 Å². The van der Waals surface area contributed by atoms with Gasteiger partial charge >= 0.3 is 0 Å². The van der Waals surface area contributed by atoms with Crippen LogP contribution in [0.1, 0.15) is 48.7 Å². The molecule has 4 heteroatoms. The molecule has 3 nitrogen and oxygen atoms in total. The van der Waals surface area contributed by atoms with Crippen molar-refractivity contribution in [2.24, 2.45) is 5.92 Å². The van der Waals surface area contributed by atoms with Gasteiger partial charge in [0.15, 0.2) is 0 Å². The maximum Gasteiger partial charge on any atom is 0.220 e. The largest absolute Gasteiger partial charge is 0.350 e. The van der Waals surface area contributed by atoms with Crippen molar-refractivity contribution in [1.82, 2.24) is 10.3 Å². The molecule has 0 aromatic carbocycles. The number of aromatic nitrogens is 1. The third-order valence-electron chi connectivity index (χ3n) is 3.53. The highest BCUT2D eigenvalue weighted by molar-refractivity contribution is 7.11. The summed E-state index contributed by atoms with van der Waals surface area (Å²) < 4.78 is 0. The molecule has 18 heavy (non-hydrogen) atoms. The van der Waals surface area contributed by atoms with E-state index in [-0.39, 0.29) is 11.4 Å². The molecule has 0 bridgehead atoms. The number of nitrogens with one attached hydrogen (secondary N) is 1. The molecule has 1 unspecified atom stereocenters. The Balaban J connectivity index is 2.20. The van der Waals surface area contributed by atoms with Crippen molar-refractivity contribution in [3.63, 3.8) is 0 Å². The van der Waals surface area contributed by atoms with Crippen molar-refractivity contribution in [2.45, 2.75) is 58.9 Å². The summed E-state index contributed by atoms with van der Waals surface area (Å²) in [6.45, 7) is 8.55. The van der Waals surface area contributed by atoms with Crippen LogP contribution in [0.4, 0.5) is 0 Å². The van der Waals surface area contributed by atoms with Gasteiger partial charge in [-0.05, 0) is 32.6 Å². The average molecular weight is 266 g/mol. The quantitative estimate of drug-likeness (QED) is 0.910. The molecule has 1 fully saturated rings. The second-order valence-corrected chi connectivity index (χ2v) is 7.13. The van der Waals surface area contributed by atoms with Crippen LogP contribution in [0.15, 0.2) is 0 Å². The summed E-state index contributed by atoms with van der Waals surface area (Å²) >= 11 is 1.77. The van der Waals surface area contributed by atoms with Gasteiger partial charge in [-0.1, -0.05) is 13.8 Å². The summed E-state index contributed by atoms with van der Waals surface area (Å²) in [4.78, 5) is 17.4. The maximum absolute atomic E-state index is 11.6. The van der Waals surface area contributed by atoms with Crippen LogP contribution in [0.25, 0.3) is 0 Å².